The molecule has 2 unspecified atom stereocenters. The number of ether oxygens (including phenoxy) is 1. The van der Waals surface area contributed by atoms with Crippen LogP contribution in [-0.2, 0) is 4.74 Å². The largest absolute Gasteiger partial charge is 0.444 e. The summed E-state index contributed by atoms with van der Waals surface area (Å²) < 4.78 is 30.0. The van der Waals surface area contributed by atoms with Crippen LogP contribution in [0.3, 0.4) is 0 Å². The Kier molecular flexibility index (Phi) is 6.84. The van der Waals surface area contributed by atoms with Gasteiger partial charge in [-0.3, -0.25) is 0 Å². The van der Waals surface area contributed by atoms with Gasteiger partial charge >= 0.3 is 6.09 Å². The molecule has 1 heterocycles. The monoisotopic (exact) mass is 306 g/mol. The van der Waals surface area contributed by atoms with Gasteiger partial charge in [-0.25, -0.2) is 13.6 Å². The van der Waals surface area contributed by atoms with Crippen LogP contribution >= 0.6 is 0 Å². The first kappa shape index (κ1) is 18.1. The lowest BCUT2D eigenvalue weighted by atomic mass is 9.92. The van der Waals surface area contributed by atoms with Crippen molar-refractivity contribution in [3.05, 3.63) is 0 Å². The van der Waals surface area contributed by atoms with E-state index in [1.807, 2.05) is 20.8 Å². The molecule has 0 bridgehead atoms. The number of alkyl halides is 2. The average Bonchev–Trinajstić information content (AvgIpc) is 2.36. The van der Waals surface area contributed by atoms with Crippen LogP contribution in [0.1, 0.15) is 52.9 Å². The van der Waals surface area contributed by atoms with Crippen LogP contribution < -0.4 is 5.73 Å². The third-order valence-corrected chi connectivity index (χ3v) is 3.64. The van der Waals surface area contributed by atoms with E-state index in [1.54, 1.807) is 4.90 Å². The van der Waals surface area contributed by atoms with Crippen LogP contribution in [0, 0.1) is 5.92 Å². The first-order valence-electron chi connectivity index (χ1n) is 7.70. The number of carbonyl (C=O) groups is 1. The summed E-state index contributed by atoms with van der Waals surface area (Å²) in [5, 5.41) is 0. The van der Waals surface area contributed by atoms with Crippen molar-refractivity contribution in [1.82, 2.24) is 4.90 Å². The third-order valence-electron chi connectivity index (χ3n) is 3.64. The maximum atomic E-state index is 12.3. The number of rotatable bonds is 5. The molecule has 4 nitrogen and oxygen atoms in total. The van der Waals surface area contributed by atoms with Gasteiger partial charge in [0.25, 0.3) is 6.43 Å². The lowest BCUT2D eigenvalue weighted by molar-refractivity contribution is 0.0159. The van der Waals surface area contributed by atoms with E-state index in [4.69, 9.17) is 10.5 Å². The Bertz CT molecular complexity index is 332. The lowest BCUT2D eigenvalue weighted by Gasteiger charge is -2.34. The maximum absolute atomic E-state index is 12.3. The van der Waals surface area contributed by atoms with Gasteiger partial charge in [0, 0.05) is 13.1 Å². The number of hydrogen-bond donors (Lipinski definition) is 1. The van der Waals surface area contributed by atoms with Gasteiger partial charge in [-0.1, -0.05) is 6.42 Å². The number of likely N-dealkylation sites (tertiary alicyclic amines) is 1. The van der Waals surface area contributed by atoms with E-state index < -0.39 is 18.1 Å². The van der Waals surface area contributed by atoms with E-state index in [0.717, 1.165) is 19.3 Å². The van der Waals surface area contributed by atoms with Crippen molar-refractivity contribution < 1.29 is 18.3 Å². The second-order valence-electron chi connectivity index (χ2n) is 6.86. The van der Waals surface area contributed by atoms with Crippen molar-refractivity contribution in [2.24, 2.45) is 11.7 Å². The molecule has 6 heteroatoms. The Labute approximate surface area is 126 Å². The molecule has 0 spiro atoms. The molecule has 21 heavy (non-hydrogen) atoms. The Morgan fingerprint density at radius 1 is 1.43 bits per heavy atom. The van der Waals surface area contributed by atoms with Gasteiger partial charge in [-0.2, -0.15) is 0 Å². The summed E-state index contributed by atoms with van der Waals surface area (Å²) in [6.45, 7) is 6.90. The molecule has 1 rings (SSSR count). The zero-order valence-electron chi connectivity index (χ0n) is 13.3. The molecule has 1 aliphatic heterocycles. The quantitative estimate of drug-likeness (QED) is 0.847. The van der Waals surface area contributed by atoms with Gasteiger partial charge in [0.05, 0.1) is 6.04 Å². The first-order chi connectivity index (χ1) is 9.69. The summed E-state index contributed by atoms with van der Waals surface area (Å²) in [6.07, 6.45) is 1.08. The molecule has 0 aliphatic carbocycles. The summed E-state index contributed by atoms with van der Waals surface area (Å²) in [5.41, 5.74) is 4.85. The second-order valence-corrected chi connectivity index (χ2v) is 6.86. The fourth-order valence-electron chi connectivity index (χ4n) is 2.56. The third kappa shape index (κ3) is 7.07. The summed E-state index contributed by atoms with van der Waals surface area (Å²) in [5.74, 6) is 0.358. The fraction of sp³-hybridized carbons (Fsp3) is 0.933. The molecule has 1 fully saturated rings. The van der Waals surface area contributed by atoms with Crippen molar-refractivity contribution in [3.63, 3.8) is 0 Å². The van der Waals surface area contributed by atoms with E-state index in [-0.39, 0.29) is 6.09 Å². The molecule has 2 N–H and O–H groups in total. The maximum Gasteiger partial charge on any atom is 0.410 e. The topological polar surface area (TPSA) is 55.6 Å². The van der Waals surface area contributed by atoms with Crippen molar-refractivity contribution in [1.29, 1.82) is 0 Å². The Balaban J connectivity index is 2.33. The zero-order valence-corrected chi connectivity index (χ0v) is 13.3. The number of hydrogen-bond acceptors (Lipinski definition) is 3. The Morgan fingerprint density at radius 2 is 2.10 bits per heavy atom. The van der Waals surface area contributed by atoms with E-state index in [0.29, 0.717) is 31.8 Å². The molecule has 0 saturated carbocycles. The molecular weight excluding hydrogens is 278 g/mol. The highest BCUT2D eigenvalue weighted by Crippen LogP contribution is 2.24. The highest BCUT2D eigenvalue weighted by atomic mass is 19.3. The smallest absolute Gasteiger partial charge is 0.410 e. The minimum Gasteiger partial charge on any atom is -0.444 e. The van der Waals surface area contributed by atoms with Crippen molar-refractivity contribution in [3.8, 4) is 0 Å². The van der Waals surface area contributed by atoms with Crippen LogP contribution in [0.5, 0.6) is 0 Å². The summed E-state index contributed by atoms with van der Waals surface area (Å²) >= 11 is 0. The highest BCUT2D eigenvalue weighted by molar-refractivity contribution is 5.68. The molecule has 0 radical (unpaired) electrons. The predicted octanol–water partition coefficient (Wildman–Crippen LogP) is 3.40. The minimum atomic E-state index is -2.45. The molecule has 124 valence electrons. The van der Waals surface area contributed by atoms with Crippen molar-refractivity contribution >= 4 is 6.09 Å². The van der Waals surface area contributed by atoms with Crippen LogP contribution in [0.2, 0.25) is 0 Å². The number of carbonyl (C=O) groups excluding carboxylic acids is 1. The SMILES string of the molecule is CC(C)(C)OC(=O)N1CCCC(CCCC(N)C(F)F)C1. The molecule has 1 aliphatic rings. The van der Waals surface area contributed by atoms with E-state index >= 15 is 0 Å². The number of nitrogens with zero attached hydrogens (tertiary/aromatic N) is 1. The fourth-order valence-corrected chi connectivity index (χ4v) is 2.56. The molecule has 0 aromatic carbocycles. The normalized spacial score (nSPS) is 21.5. The van der Waals surface area contributed by atoms with E-state index in [9.17, 15) is 13.6 Å². The number of halogens is 2. The van der Waals surface area contributed by atoms with Crippen LogP contribution in [0.15, 0.2) is 0 Å². The van der Waals surface area contributed by atoms with Gasteiger partial charge in [-0.05, 0) is 52.4 Å². The molecule has 0 aromatic heterocycles. The first-order valence-corrected chi connectivity index (χ1v) is 7.70. The van der Waals surface area contributed by atoms with E-state index in [1.165, 1.54) is 0 Å². The summed E-state index contributed by atoms with van der Waals surface area (Å²) in [4.78, 5) is 13.7. The number of piperidine rings is 1. The van der Waals surface area contributed by atoms with Gasteiger partial charge in [0.1, 0.15) is 5.60 Å². The van der Waals surface area contributed by atoms with Gasteiger partial charge in [0.15, 0.2) is 0 Å². The van der Waals surface area contributed by atoms with Gasteiger partial charge in [0.2, 0.25) is 0 Å². The summed E-state index contributed by atoms with van der Waals surface area (Å²) in [7, 11) is 0. The predicted molar refractivity (Wildman–Crippen MR) is 78.4 cm³/mol. The molecule has 2 atom stereocenters. The van der Waals surface area contributed by atoms with Crippen LogP contribution in [0.25, 0.3) is 0 Å². The lowest BCUT2D eigenvalue weighted by Crippen LogP contribution is -2.42. The standard InChI is InChI=1S/C15H28F2N2O2/c1-15(2,3)21-14(20)19-9-5-7-11(10-19)6-4-8-12(18)13(16)17/h11-13H,4-10,18H2,1-3H3. The van der Waals surface area contributed by atoms with E-state index in [2.05, 4.69) is 0 Å². The molecule has 1 amide bonds. The Hall–Kier alpha value is -0.910. The van der Waals surface area contributed by atoms with Gasteiger partial charge < -0.3 is 15.4 Å². The number of amides is 1. The van der Waals surface area contributed by atoms with Crippen molar-refractivity contribution in [2.45, 2.75) is 70.9 Å². The molecule has 1 saturated heterocycles. The van der Waals surface area contributed by atoms with Crippen LogP contribution in [0.4, 0.5) is 13.6 Å². The Morgan fingerprint density at radius 3 is 2.67 bits per heavy atom. The molecule has 0 aromatic rings. The second kappa shape index (κ2) is 7.92. The average molecular weight is 306 g/mol. The van der Waals surface area contributed by atoms with Crippen LogP contribution in [-0.4, -0.2) is 42.2 Å². The number of nitrogens with two attached hydrogens (primary N) is 1. The van der Waals surface area contributed by atoms with Gasteiger partial charge in [-0.15, -0.1) is 0 Å². The highest BCUT2D eigenvalue weighted by Gasteiger charge is 2.27. The molecular formula is C15H28F2N2O2. The van der Waals surface area contributed by atoms with Crippen molar-refractivity contribution in [2.75, 3.05) is 13.1 Å². The summed E-state index contributed by atoms with van der Waals surface area (Å²) in [6, 6.07) is -1.03. The minimum absolute atomic E-state index is 0.281. The zero-order chi connectivity index (χ0) is 16.0.